The van der Waals surface area contributed by atoms with E-state index in [4.69, 9.17) is 0 Å². The monoisotopic (exact) mass is 409 g/mol. The van der Waals surface area contributed by atoms with E-state index in [-0.39, 0.29) is 48.4 Å². The van der Waals surface area contributed by atoms with E-state index in [0.717, 1.165) is 11.3 Å². The zero-order chi connectivity index (χ0) is 21.4. The number of aliphatic hydroxyl groups excluding tert-OH is 1. The Hall–Kier alpha value is -2.93. The van der Waals surface area contributed by atoms with Crippen LogP contribution in [0.3, 0.4) is 0 Å². The number of carbonyl (C=O) groups is 2. The number of hydrogen-bond donors (Lipinski definition) is 2. The van der Waals surface area contributed by atoms with Crippen molar-refractivity contribution in [1.82, 2.24) is 14.8 Å². The maximum absolute atomic E-state index is 13.4. The molecular formula is C23H27N3O4. The van der Waals surface area contributed by atoms with Crippen LogP contribution in [0.1, 0.15) is 43.6 Å². The average molecular weight is 409 g/mol. The summed E-state index contributed by atoms with van der Waals surface area (Å²) in [5, 5.41) is 13.2. The minimum Gasteiger partial charge on any atom is -0.396 e. The Morgan fingerprint density at radius 3 is 2.57 bits per heavy atom. The fourth-order valence-corrected chi connectivity index (χ4v) is 5.02. The summed E-state index contributed by atoms with van der Waals surface area (Å²) in [5.74, 6) is -1.04. The van der Waals surface area contributed by atoms with Gasteiger partial charge in [-0.05, 0) is 18.6 Å². The van der Waals surface area contributed by atoms with Gasteiger partial charge in [0.2, 0.25) is 11.8 Å². The smallest absolute Gasteiger partial charge is 0.250 e. The third kappa shape index (κ3) is 3.23. The third-order valence-corrected chi connectivity index (χ3v) is 6.47. The van der Waals surface area contributed by atoms with Gasteiger partial charge in [-0.15, -0.1) is 0 Å². The Labute approximate surface area is 175 Å². The van der Waals surface area contributed by atoms with E-state index < -0.39 is 12.0 Å². The first-order valence-corrected chi connectivity index (χ1v) is 10.4. The van der Waals surface area contributed by atoms with Crippen LogP contribution < -0.4 is 10.9 Å². The quantitative estimate of drug-likeness (QED) is 0.785. The lowest BCUT2D eigenvalue weighted by molar-refractivity contribution is -0.141. The summed E-state index contributed by atoms with van der Waals surface area (Å²) in [6.07, 6.45) is 0.246. The van der Waals surface area contributed by atoms with E-state index in [9.17, 15) is 19.5 Å². The second-order valence-electron chi connectivity index (χ2n) is 8.09. The standard InChI is InChI=1S/C23H27N3O4/c1-3-19(28)26-21-16(12-25-18(21)10-7-11-20(25)29)17(13-27)22(26)23(30)24-14(2)15-8-5-4-6-9-15/h4-11,14,16-17,21-22,27H,3,12-13H2,1-2H3,(H,24,30)/t14-,16+,17+,21-,22+/m0/s1. The normalized spacial score (nSPS) is 25.5. The molecule has 0 saturated carbocycles. The van der Waals surface area contributed by atoms with Crippen LogP contribution in [-0.2, 0) is 16.1 Å². The first kappa shape index (κ1) is 20.3. The average Bonchev–Trinajstić information content (AvgIpc) is 3.29. The molecule has 0 radical (unpaired) electrons. The minimum atomic E-state index is -0.771. The lowest BCUT2D eigenvalue weighted by atomic mass is 9.88. The molecule has 5 atom stereocenters. The molecule has 158 valence electrons. The molecule has 0 unspecified atom stereocenters. The van der Waals surface area contributed by atoms with Crippen molar-refractivity contribution in [2.75, 3.05) is 6.61 Å². The number of carbonyl (C=O) groups excluding carboxylic acids is 2. The molecule has 2 aliphatic heterocycles. The van der Waals surface area contributed by atoms with E-state index in [0.29, 0.717) is 6.54 Å². The number of nitrogens with one attached hydrogen (secondary N) is 1. The van der Waals surface area contributed by atoms with Gasteiger partial charge in [0.1, 0.15) is 6.04 Å². The van der Waals surface area contributed by atoms with Gasteiger partial charge in [0.05, 0.1) is 12.1 Å². The number of nitrogens with zero attached hydrogens (tertiary/aromatic N) is 2. The topological polar surface area (TPSA) is 91.6 Å². The van der Waals surface area contributed by atoms with Gasteiger partial charge >= 0.3 is 0 Å². The summed E-state index contributed by atoms with van der Waals surface area (Å²) < 4.78 is 1.66. The molecule has 1 saturated heterocycles. The SMILES string of the molecule is CCC(=O)N1[C@@H]2c3cccc(=O)n3C[C@@H]2[C@@H](CO)[C@@H]1C(=O)N[C@@H](C)c1ccccc1. The van der Waals surface area contributed by atoms with Gasteiger partial charge in [-0.3, -0.25) is 14.4 Å². The van der Waals surface area contributed by atoms with Gasteiger partial charge in [-0.1, -0.05) is 43.3 Å². The molecule has 0 bridgehead atoms. The first-order chi connectivity index (χ1) is 14.5. The molecule has 2 aliphatic rings. The molecule has 0 aliphatic carbocycles. The number of amides is 2. The number of aliphatic hydroxyl groups is 1. The summed E-state index contributed by atoms with van der Waals surface area (Å²) in [6.45, 7) is 3.83. The molecule has 2 amide bonds. The third-order valence-electron chi connectivity index (χ3n) is 6.47. The van der Waals surface area contributed by atoms with Crippen molar-refractivity contribution in [1.29, 1.82) is 0 Å². The van der Waals surface area contributed by atoms with Crippen molar-refractivity contribution in [2.45, 2.75) is 44.9 Å². The number of aromatic nitrogens is 1. The van der Waals surface area contributed by atoms with E-state index in [1.165, 1.54) is 6.07 Å². The van der Waals surface area contributed by atoms with Crippen molar-refractivity contribution in [3.05, 3.63) is 70.1 Å². The van der Waals surface area contributed by atoms with Gasteiger partial charge in [-0.2, -0.15) is 0 Å². The van der Waals surface area contributed by atoms with Crippen molar-refractivity contribution in [3.63, 3.8) is 0 Å². The van der Waals surface area contributed by atoms with E-state index in [2.05, 4.69) is 5.32 Å². The van der Waals surface area contributed by atoms with Gasteiger partial charge in [-0.25, -0.2) is 0 Å². The molecular weight excluding hydrogens is 382 g/mol. The fraction of sp³-hybridized carbons (Fsp3) is 0.435. The Morgan fingerprint density at radius 2 is 1.90 bits per heavy atom. The highest BCUT2D eigenvalue weighted by atomic mass is 16.3. The molecule has 1 fully saturated rings. The molecule has 1 aromatic carbocycles. The van der Waals surface area contributed by atoms with Crippen molar-refractivity contribution < 1.29 is 14.7 Å². The van der Waals surface area contributed by atoms with Crippen LogP contribution in [0.2, 0.25) is 0 Å². The molecule has 2 aromatic rings. The first-order valence-electron chi connectivity index (χ1n) is 10.4. The predicted octanol–water partition coefficient (Wildman–Crippen LogP) is 1.63. The molecule has 7 nitrogen and oxygen atoms in total. The summed E-state index contributed by atoms with van der Waals surface area (Å²) >= 11 is 0. The van der Waals surface area contributed by atoms with Crippen LogP contribution in [0.5, 0.6) is 0 Å². The van der Waals surface area contributed by atoms with Crippen molar-refractivity contribution in [2.24, 2.45) is 11.8 Å². The highest BCUT2D eigenvalue weighted by Gasteiger charge is 2.56. The highest BCUT2D eigenvalue weighted by Crippen LogP contribution is 2.49. The number of fused-ring (bicyclic) bond motifs is 3. The lowest BCUT2D eigenvalue weighted by Gasteiger charge is -2.31. The summed E-state index contributed by atoms with van der Waals surface area (Å²) in [7, 11) is 0. The molecule has 0 spiro atoms. The van der Waals surface area contributed by atoms with Crippen LogP contribution in [0.4, 0.5) is 0 Å². The van der Waals surface area contributed by atoms with Crippen molar-refractivity contribution >= 4 is 11.8 Å². The van der Waals surface area contributed by atoms with Crippen LogP contribution in [0.25, 0.3) is 0 Å². The fourth-order valence-electron chi connectivity index (χ4n) is 5.02. The van der Waals surface area contributed by atoms with Crippen LogP contribution in [0.15, 0.2) is 53.3 Å². The number of hydrogen-bond acceptors (Lipinski definition) is 4. The largest absolute Gasteiger partial charge is 0.396 e. The second kappa shape index (κ2) is 8.07. The maximum Gasteiger partial charge on any atom is 0.250 e. The molecule has 2 N–H and O–H groups in total. The van der Waals surface area contributed by atoms with Crippen molar-refractivity contribution in [3.8, 4) is 0 Å². The van der Waals surface area contributed by atoms with E-state index in [1.54, 1.807) is 22.5 Å². The van der Waals surface area contributed by atoms with Crippen LogP contribution >= 0.6 is 0 Å². The second-order valence-corrected chi connectivity index (χ2v) is 8.09. The zero-order valence-corrected chi connectivity index (χ0v) is 17.2. The number of likely N-dealkylation sites (tertiary alicyclic amines) is 1. The Morgan fingerprint density at radius 1 is 1.17 bits per heavy atom. The molecule has 1 aromatic heterocycles. The van der Waals surface area contributed by atoms with Crippen LogP contribution in [0, 0.1) is 11.8 Å². The van der Waals surface area contributed by atoms with Gasteiger partial charge in [0.25, 0.3) is 5.56 Å². The minimum absolute atomic E-state index is 0.124. The predicted molar refractivity (Wildman–Crippen MR) is 111 cm³/mol. The maximum atomic E-state index is 13.4. The molecule has 7 heteroatoms. The van der Waals surface area contributed by atoms with E-state index in [1.807, 2.05) is 43.3 Å². The molecule has 3 heterocycles. The van der Waals surface area contributed by atoms with Gasteiger partial charge in [0.15, 0.2) is 0 Å². The van der Waals surface area contributed by atoms with Gasteiger partial charge < -0.3 is 19.9 Å². The van der Waals surface area contributed by atoms with Crippen LogP contribution in [-0.4, -0.2) is 39.0 Å². The Bertz CT molecular complexity index is 1000. The number of benzene rings is 1. The number of rotatable bonds is 5. The number of pyridine rings is 1. The molecule has 30 heavy (non-hydrogen) atoms. The van der Waals surface area contributed by atoms with E-state index >= 15 is 0 Å². The summed E-state index contributed by atoms with van der Waals surface area (Å²) in [4.78, 5) is 40.2. The Kier molecular flexibility index (Phi) is 5.47. The summed E-state index contributed by atoms with van der Waals surface area (Å²) in [5.41, 5.74) is 1.58. The molecule has 4 rings (SSSR count). The highest BCUT2D eigenvalue weighted by molar-refractivity contribution is 5.89. The Balaban J connectivity index is 1.69. The lowest BCUT2D eigenvalue weighted by Crippen LogP contribution is -2.50. The van der Waals surface area contributed by atoms with Gasteiger partial charge in [0, 0.05) is 43.2 Å². The zero-order valence-electron chi connectivity index (χ0n) is 17.2. The summed E-state index contributed by atoms with van der Waals surface area (Å²) in [6, 6.07) is 13.3.